The van der Waals surface area contributed by atoms with Gasteiger partial charge in [0.25, 0.3) is 0 Å². The van der Waals surface area contributed by atoms with Gasteiger partial charge in [0.1, 0.15) is 0 Å². The van der Waals surface area contributed by atoms with Crippen LogP contribution in [-0.2, 0) is 12.4 Å². The maximum absolute atomic E-state index is 12.9. The van der Waals surface area contributed by atoms with Crippen LogP contribution < -0.4 is 5.32 Å². The van der Waals surface area contributed by atoms with Gasteiger partial charge in [0, 0.05) is 23.0 Å². The highest BCUT2D eigenvalue weighted by atomic mass is 19.4. The summed E-state index contributed by atoms with van der Waals surface area (Å²) in [5.74, 6) is 0. The maximum Gasteiger partial charge on any atom is 0.416 e. The molecule has 0 atom stereocenters. The normalized spacial score (nSPS) is 12.4. The molecular formula is C17H10F6N2. The lowest BCUT2D eigenvalue weighted by atomic mass is 10.1. The number of nitrogens with zero attached hydrogens (tertiary/aromatic N) is 1. The molecule has 25 heavy (non-hydrogen) atoms. The molecule has 2 aromatic carbocycles. The van der Waals surface area contributed by atoms with Crippen molar-refractivity contribution in [2.24, 2.45) is 0 Å². The van der Waals surface area contributed by atoms with Gasteiger partial charge >= 0.3 is 12.4 Å². The molecule has 0 saturated heterocycles. The molecular weight excluding hydrogens is 346 g/mol. The number of aromatic nitrogens is 1. The number of hydrogen-bond donors (Lipinski definition) is 1. The van der Waals surface area contributed by atoms with Crippen LogP contribution >= 0.6 is 0 Å². The fourth-order valence-corrected chi connectivity index (χ4v) is 2.33. The zero-order valence-electron chi connectivity index (χ0n) is 12.4. The van der Waals surface area contributed by atoms with E-state index in [4.69, 9.17) is 0 Å². The molecule has 8 heteroatoms. The van der Waals surface area contributed by atoms with Crippen LogP contribution in [0.25, 0.3) is 10.9 Å². The molecule has 2 nitrogen and oxygen atoms in total. The Morgan fingerprint density at radius 2 is 1.32 bits per heavy atom. The highest BCUT2D eigenvalue weighted by molar-refractivity contribution is 5.93. The van der Waals surface area contributed by atoms with Crippen LogP contribution in [0.4, 0.5) is 37.7 Å². The quantitative estimate of drug-likeness (QED) is 0.568. The van der Waals surface area contributed by atoms with E-state index in [9.17, 15) is 26.3 Å². The first-order valence-electron chi connectivity index (χ1n) is 7.05. The first kappa shape index (κ1) is 17.1. The van der Waals surface area contributed by atoms with Crippen molar-refractivity contribution in [1.29, 1.82) is 0 Å². The monoisotopic (exact) mass is 356 g/mol. The van der Waals surface area contributed by atoms with E-state index >= 15 is 0 Å². The predicted molar refractivity (Wildman–Crippen MR) is 81.5 cm³/mol. The highest BCUT2D eigenvalue weighted by Gasteiger charge is 2.31. The molecule has 0 fully saturated rings. The van der Waals surface area contributed by atoms with Gasteiger partial charge in [0.15, 0.2) is 0 Å². The standard InChI is InChI=1S/C17H10F6N2/c18-16(19,20)10-1-4-12(5-2-10)25-15-7-8-24-14-6-3-11(9-13(14)15)17(21,22)23/h1-9H,(H,24,25). The first-order chi connectivity index (χ1) is 11.6. The minimum absolute atomic E-state index is 0.220. The smallest absolute Gasteiger partial charge is 0.355 e. The van der Waals surface area contributed by atoms with Crippen molar-refractivity contribution in [2.45, 2.75) is 12.4 Å². The molecule has 130 valence electrons. The van der Waals surface area contributed by atoms with Crippen LogP contribution in [-0.4, -0.2) is 4.98 Å². The Kier molecular flexibility index (Phi) is 4.06. The van der Waals surface area contributed by atoms with Crippen molar-refractivity contribution < 1.29 is 26.3 Å². The van der Waals surface area contributed by atoms with Gasteiger partial charge in [-0.15, -0.1) is 0 Å². The Hall–Kier alpha value is -2.77. The van der Waals surface area contributed by atoms with E-state index in [2.05, 4.69) is 10.3 Å². The van der Waals surface area contributed by atoms with E-state index in [1.54, 1.807) is 0 Å². The van der Waals surface area contributed by atoms with E-state index in [-0.39, 0.29) is 5.39 Å². The number of alkyl halides is 6. The van der Waals surface area contributed by atoms with Crippen LogP contribution in [0.5, 0.6) is 0 Å². The summed E-state index contributed by atoms with van der Waals surface area (Å²) in [5, 5.41) is 3.05. The summed E-state index contributed by atoms with van der Waals surface area (Å²) in [7, 11) is 0. The molecule has 3 rings (SSSR count). The topological polar surface area (TPSA) is 24.9 Å². The molecule has 1 heterocycles. The minimum Gasteiger partial charge on any atom is -0.355 e. The van der Waals surface area contributed by atoms with E-state index in [1.165, 1.54) is 30.5 Å². The van der Waals surface area contributed by atoms with Gasteiger partial charge in [-0.05, 0) is 48.5 Å². The lowest BCUT2D eigenvalue weighted by molar-refractivity contribution is -0.138. The van der Waals surface area contributed by atoms with Gasteiger partial charge in [-0.1, -0.05) is 0 Å². The SMILES string of the molecule is FC(F)(F)c1ccc(Nc2ccnc3ccc(C(F)(F)F)cc23)cc1. The van der Waals surface area contributed by atoms with Crippen LogP contribution in [0, 0.1) is 0 Å². The summed E-state index contributed by atoms with van der Waals surface area (Å²) >= 11 is 0. The average molecular weight is 356 g/mol. The number of fused-ring (bicyclic) bond motifs is 1. The van der Waals surface area contributed by atoms with E-state index < -0.39 is 23.5 Å². The molecule has 0 aliphatic rings. The molecule has 0 amide bonds. The van der Waals surface area contributed by atoms with Gasteiger partial charge in [-0.25, -0.2) is 0 Å². The summed E-state index contributed by atoms with van der Waals surface area (Å²) in [6.07, 6.45) is -7.55. The van der Waals surface area contributed by atoms with Crippen LogP contribution in [0.1, 0.15) is 11.1 Å². The molecule has 1 N–H and O–H groups in total. The van der Waals surface area contributed by atoms with Gasteiger partial charge in [-0.3, -0.25) is 4.98 Å². The van der Waals surface area contributed by atoms with Gasteiger partial charge in [0.2, 0.25) is 0 Å². The Balaban J connectivity index is 1.98. The maximum atomic E-state index is 12.9. The third-order valence-electron chi connectivity index (χ3n) is 3.56. The van der Waals surface area contributed by atoms with E-state index in [0.29, 0.717) is 16.9 Å². The third kappa shape index (κ3) is 3.67. The van der Waals surface area contributed by atoms with Crippen molar-refractivity contribution in [1.82, 2.24) is 4.98 Å². The van der Waals surface area contributed by atoms with E-state index in [1.807, 2.05) is 0 Å². The average Bonchev–Trinajstić information content (AvgIpc) is 2.53. The number of nitrogens with one attached hydrogen (secondary N) is 1. The Labute approximate surface area is 138 Å². The Morgan fingerprint density at radius 3 is 1.92 bits per heavy atom. The van der Waals surface area contributed by atoms with Crippen molar-refractivity contribution in [3.05, 3.63) is 65.9 Å². The molecule has 0 bridgehead atoms. The highest BCUT2D eigenvalue weighted by Crippen LogP contribution is 2.34. The molecule has 0 radical (unpaired) electrons. The third-order valence-corrected chi connectivity index (χ3v) is 3.56. The predicted octanol–water partition coefficient (Wildman–Crippen LogP) is 6.02. The van der Waals surface area contributed by atoms with Crippen LogP contribution in [0.2, 0.25) is 0 Å². The summed E-state index contributed by atoms with van der Waals surface area (Å²) < 4.78 is 76.4. The van der Waals surface area contributed by atoms with Gasteiger partial charge < -0.3 is 5.32 Å². The summed E-state index contributed by atoms with van der Waals surface area (Å²) in [5.41, 5.74) is -0.667. The first-order valence-corrected chi connectivity index (χ1v) is 7.05. The molecule has 0 aliphatic heterocycles. The van der Waals surface area contributed by atoms with Crippen molar-refractivity contribution in [3.8, 4) is 0 Å². The second-order valence-electron chi connectivity index (χ2n) is 5.29. The van der Waals surface area contributed by atoms with Crippen LogP contribution in [0.15, 0.2) is 54.7 Å². The van der Waals surface area contributed by atoms with Crippen molar-refractivity contribution in [2.75, 3.05) is 5.32 Å². The number of pyridine rings is 1. The number of anilines is 2. The Bertz CT molecular complexity index is 898. The molecule has 0 unspecified atom stereocenters. The van der Waals surface area contributed by atoms with Gasteiger partial charge in [-0.2, -0.15) is 26.3 Å². The number of hydrogen-bond acceptors (Lipinski definition) is 2. The summed E-state index contributed by atoms with van der Waals surface area (Å²) in [4.78, 5) is 4.00. The lowest BCUT2D eigenvalue weighted by Gasteiger charge is -2.13. The zero-order chi connectivity index (χ0) is 18.2. The van der Waals surface area contributed by atoms with Crippen LogP contribution in [0.3, 0.4) is 0 Å². The second-order valence-corrected chi connectivity index (χ2v) is 5.29. The fraction of sp³-hybridized carbons (Fsp3) is 0.118. The molecule has 3 aromatic rings. The number of benzene rings is 2. The minimum atomic E-state index is -4.50. The molecule has 0 aliphatic carbocycles. The largest absolute Gasteiger partial charge is 0.416 e. The second kappa shape index (κ2) is 5.94. The number of rotatable bonds is 2. The zero-order valence-corrected chi connectivity index (χ0v) is 12.4. The lowest BCUT2D eigenvalue weighted by Crippen LogP contribution is -2.05. The van der Waals surface area contributed by atoms with Crippen molar-refractivity contribution in [3.63, 3.8) is 0 Å². The van der Waals surface area contributed by atoms with Crippen molar-refractivity contribution >= 4 is 22.3 Å². The molecule has 0 saturated carbocycles. The van der Waals surface area contributed by atoms with E-state index in [0.717, 1.165) is 24.3 Å². The summed E-state index contributed by atoms with van der Waals surface area (Å²) in [6.45, 7) is 0. The Morgan fingerprint density at radius 1 is 0.720 bits per heavy atom. The molecule has 1 aromatic heterocycles. The molecule has 0 spiro atoms. The fourth-order valence-electron chi connectivity index (χ4n) is 2.33. The number of halogens is 6. The van der Waals surface area contributed by atoms with Gasteiger partial charge in [0.05, 0.1) is 16.6 Å². The summed E-state index contributed by atoms with van der Waals surface area (Å²) in [6, 6.07) is 8.80.